The Kier molecular flexibility index (Phi) is 5.58. The molecule has 0 unspecified atom stereocenters. The monoisotopic (exact) mass is 405 g/mol. The number of amides is 1. The minimum atomic E-state index is -0.114. The van der Waals surface area contributed by atoms with E-state index in [1.54, 1.807) is 6.08 Å². The second kappa shape index (κ2) is 8.46. The number of benzene rings is 1. The van der Waals surface area contributed by atoms with Crippen molar-refractivity contribution in [2.75, 3.05) is 43.4 Å². The van der Waals surface area contributed by atoms with E-state index < -0.39 is 0 Å². The van der Waals surface area contributed by atoms with Gasteiger partial charge in [0.1, 0.15) is 5.82 Å². The highest BCUT2D eigenvalue weighted by Crippen LogP contribution is 2.33. The number of aromatic nitrogens is 1. The molecular formula is C22H27N7O. The second-order valence-electron chi connectivity index (χ2n) is 7.50. The summed E-state index contributed by atoms with van der Waals surface area (Å²) < 4.78 is 0. The fraction of sp³-hybridized carbons (Fsp3) is 0.273. The van der Waals surface area contributed by atoms with E-state index in [1.807, 2.05) is 24.4 Å². The number of piperazine rings is 1. The quantitative estimate of drug-likeness (QED) is 0.559. The highest BCUT2D eigenvalue weighted by Gasteiger charge is 2.26. The standard InChI is InChI=1S/C22H27N7O/c1-28-8-10-29(11-9-28)16-2-5-20(25-13-16)27-19-4-3-17(15(12-24)6-7-23)18-14-26-22(30)21(18)19/h2-7,12-13H,8-11,14,23-24H2,1H3,(H,25,27)(H,26,30)/b7-6-,15-12+. The summed E-state index contributed by atoms with van der Waals surface area (Å²) >= 11 is 0. The third-order valence-corrected chi connectivity index (χ3v) is 5.61. The predicted molar refractivity (Wildman–Crippen MR) is 120 cm³/mol. The van der Waals surface area contributed by atoms with Crippen molar-refractivity contribution in [3.8, 4) is 0 Å². The summed E-state index contributed by atoms with van der Waals surface area (Å²) in [4.78, 5) is 21.7. The fourth-order valence-electron chi connectivity index (χ4n) is 3.91. The second-order valence-corrected chi connectivity index (χ2v) is 7.50. The van der Waals surface area contributed by atoms with Crippen LogP contribution in [0.25, 0.3) is 5.57 Å². The molecule has 4 rings (SSSR count). The molecule has 0 saturated carbocycles. The smallest absolute Gasteiger partial charge is 0.254 e. The van der Waals surface area contributed by atoms with E-state index in [9.17, 15) is 4.79 Å². The van der Waals surface area contributed by atoms with Crippen LogP contribution in [0, 0.1) is 0 Å². The summed E-state index contributed by atoms with van der Waals surface area (Å²) in [7, 11) is 2.14. The first-order chi connectivity index (χ1) is 14.6. The summed E-state index contributed by atoms with van der Waals surface area (Å²) in [5.41, 5.74) is 16.3. The number of nitrogens with zero attached hydrogens (tertiary/aromatic N) is 3. The molecule has 1 saturated heterocycles. The topological polar surface area (TPSA) is 113 Å². The average Bonchev–Trinajstić information content (AvgIpc) is 3.16. The number of likely N-dealkylation sites (N-methyl/N-ethyl adjacent to an activating group) is 1. The molecule has 6 N–H and O–H groups in total. The van der Waals surface area contributed by atoms with E-state index in [4.69, 9.17) is 11.5 Å². The van der Waals surface area contributed by atoms with Gasteiger partial charge < -0.3 is 31.9 Å². The van der Waals surface area contributed by atoms with Crippen molar-refractivity contribution in [2.45, 2.75) is 6.54 Å². The van der Waals surface area contributed by atoms with Gasteiger partial charge in [-0.2, -0.15) is 0 Å². The van der Waals surface area contributed by atoms with Crippen LogP contribution in [0.3, 0.4) is 0 Å². The molecule has 8 nitrogen and oxygen atoms in total. The molecule has 0 spiro atoms. The zero-order chi connectivity index (χ0) is 21.1. The summed E-state index contributed by atoms with van der Waals surface area (Å²) in [5, 5.41) is 6.19. The molecule has 1 amide bonds. The molecule has 1 aromatic carbocycles. The summed E-state index contributed by atoms with van der Waals surface area (Å²) in [6.07, 6.45) is 6.54. The van der Waals surface area contributed by atoms with Crippen molar-refractivity contribution < 1.29 is 4.79 Å². The minimum absolute atomic E-state index is 0.114. The van der Waals surface area contributed by atoms with E-state index in [0.717, 1.165) is 54.3 Å². The molecule has 0 bridgehead atoms. The van der Waals surface area contributed by atoms with Gasteiger partial charge in [-0.25, -0.2) is 4.98 Å². The third kappa shape index (κ3) is 3.81. The van der Waals surface area contributed by atoms with Gasteiger partial charge in [0.15, 0.2) is 0 Å². The van der Waals surface area contributed by atoms with E-state index in [1.165, 1.54) is 12.4 Å². The maximum atomic E-state index is 12.5. The van der Waals surface area contributed by atoms with Gasteiger partial charge in [-0.3, -0.25) is 4.79 Å². The van der Waals surface area contributed by atoms with Crippen molar-refractivity contribution in [2.24, 2.45) is 11.5 Å². The van der Waals surface area contributed by atoms with Gasteiger partial charge in [0.25, 0.3) is 5.91 Å². The lowest BCUT2D eigenvalue weighted by Crippen LogP contribution is -2.44. The molecule has 156 valence electrons. The molecule has 2 aliphatic rings. The Hall–Kier alpha value is -3.52. The molecule has 0 aliphatic carbocycles. The molecule has 3 heterocycles. The lowest BCUT2D eigenvalue weighted by Gasteiger charge is -2.33. The maximum absolute atomic E-state index is 12.5. The van der Waals surface area contributed by atoms with Crippen LogP contribution in [-0.2, 0) is 6.54 Å². The van der Waals surface area contributed by atoms with E-state index in [0.29, 0.717) is 17.9 Å². The molecule has 2 aliphatic heterocycles. The number of nitrogens with one attached hydrogen (secondary N) is 2. The number of allylic oxidation sites excluding steroid dienone is 2. The zero-order valence-electron chi connectivity index (χ0n) is 17.1. The highest BCUT2D eigenvalue weighted by atomic mass is 16.1. The molecule has 0 radical (unpaired) electrons. The first-order valence-electron chi connectivity index (χ1n) is 10.0. The van der Waals surface area contributed by atoms with Crippen LogP contribution in [-0.4, -0.2) is 49.0 Å². The van der Waals surface area contributed by atoms with Gasteiger partial charge in [0.2, 0.25) is 0 Å². The Morgan fingerprint density at radius 1 is 1.17 bits per heavy atom. The molecule has 2 aromatic rings. The number of anilines is 3. The number of fused-ring (bicyclic) bond motifs is 1. The Balaban J connectivity index is 1.58. The first-order valence-corrected chi connectivity index (χ1v) is 10.0. The number of carbonyl (C=O) groups excluding carboxylic acids is 1. The fourth-order valence-corrected chi connectivity index (χ4v) is 3.91. The number of carbonyl (C=O) groups is 1. The van der Waals surface area contributed by atoms with Gasteiger partial charge in [0.05, 0.1) is 23.1 Å². The molecule has 0 atom stereocenters. The van der Waals surface area contributed by atoms with Crippen LogP contribution in [0.4, 0.5) is 17.2 Å². The van der Waals surface area contributed by atoms with E-state index in [2.05, 4.69) is 38.5 Å². The molecule has 8 heteroatoms. The minimum Gasteiger partial charge on any atom is -0.405 e. The van der Waals surface area contributed by atoms with E-state index in [-0.39, 0.29) is 5.91 Å². The lowest BCUT2D eigenvalue weighted by atomic mass is 9.95. The van der Waals surface area contributed by atoms with Crippen LogP contribution in [0.1, 0.15) is 21.5 Å². The maximum Gasteiger partial charge on any atom is 0.254 e. The number of rotatable bonds is 5. The van der Waals surface area contributed by atoms with Gasteiger partial charge in [-0.15, -0.1) is 0 Å². The number of hydrogen-bond donors (Lipinski definition) is 4. The van der Waals surface area contributed by atoms with Gasteiger partial charge in [0, 0.05) is 38.9 Å². The van der Waals surface area contributed by atoms with Gasteiger partial charge >= 0.3 is 0 Å². The Morgan fingerprint density at radius 3 is 2.63 bits per heavy atom. The lowest BCUT2D eigenvalue weighted by molar-refractivity contribution is 0.0966. The predicted octanol–water partition coefficient (Wildman–Crippen LogP) is 1.59. The SMILES string of the molecule is CN1CCN(c2ccc(Nc3ccc(C(/C=C\N)=C/N)c4c3C(=O)NC4)nc2)CC1. The normalized spacial score (nSPS) is 17.3. The van der Waals surface area contributed by atoms with Gasteiger partial charge in [-0.05, 0) is 54.2 Å². The largest absolute Gasteiger partial charge is 0.405 e. The third-order valence-electron chi connectivity index (χ3n) is 5.61. The van der Waals surface area contributed by atoms with Crippen molar-refractivity contribution >= 4 is 28.7 Å². The van der Waals surface area contributed by atoms with Crippen molar-refractivity contribution in [1.29, 1.82) is 0 Å². The zero-order valence-corrected chi connectivity index (χ0v) is 17.1. The molecule has 1 fully saturated rings. The van der Waals surface area contributed by atoms with Crippen molar-refractivity contribution in [1.82, 2.24) is 15.2 Å². The van der Waals surface area contributed by atoms with Crippen LogP contribution in [0.5, 0.6) is 0 Å². The first kappa shape index (κ1) is 19.8. The molecule has 1 aromatic heterocycles. The Bertz CT molecular complexity index is 989. The molecule has 30 heavy (non-hydrogen) atoms. The molecular weight excluding hydrogens is 378 g/mol. The average molecular weight is 406 g/mol. The summed E-state index contributed by atoms with van der Waals surface area (Å²) in [5.74, 6) is 0.579. The highest BCUT2D eigenvalue weighted by molar-refractivity contribution is 6.05. The van der Waals surface area contributed by atoms with Crippen LogP contribution in [0.15, 0.2) is 48.9 Å². The number of pyridine rings is 1. The Labute approximate surface area is 176 Å². The Morgan fingerprint density at radius 2 is 1.97 bits per heavy atom. The van der Waals surface area contributed by atoms with E-state index >= 15 is 0 Å². The van der Waals surface area contributed by atoms with Crippen LogP contribution in [0.2, 0.25) is 0 Å². The summed E-state index contributed by atoms with van der Waals surface area (Å²) in [6, 6.07) is 7.83. The van der Waals surface area contributed by atoms with Crippen LogP contribution < -0.4 is 27.0 Å². The van der Waals surface area contributed by atoms with Crippen LogP contribution >= 0.6 is 0 Å². The number of hydrogen-bond acceptors (Lipinski definition) is 7. The van der Waals surface area contributed by atoms with Gasteiger partial charge in [-0.1, -0.05) is 6.07 Å². The van der Waals surface area contributed by atoms with Crippen molar-refractivity contribution in [3.63, 3.8) is 0 Å². The number of nitrogens with two attached hydrogens (primary N) is 2. The van der Waals surface area contributed by atoms with Crippen molar-refractivity contribution in [3.05, 3.63) is 65.6 Å². The summed E-state index contributed by atoms with van der Waals surface area (Å²) in [6.45, 7) is 4.53.